The van der Waals surface area contributed by atoms with Crippen LogP contribution < -0.4 is 0 Å². The van der Waals surface area contributed by atoms with E-state index in [1.807, 2.05) is 6.92 Å². The van der Waals surface area contributed by atoms with Crippen LogP contribution in [-0.4, -0.2) is 12.2 Å². The molecule has 0 aliphatic heterocycles. The summed E-state index contributed by atoms with van der Waals surface area (Å²) in [7, 11) is -1.47. The van der Waals surface area contributed by atoms with Crippen molar-refractivity contribution >= 4 is 17.3 Å². The van der Waals surface area contributed by atoms with Gasteiger partial charge in [-0.15, -0.1) is 0 Å². The summed E-state index contributed by atoms with van der Waals surface area (Å²) < 4.78 is 29.7. The third kappa shape index (κ3) is 8.28. The van der Waals surface area contributed by atoms with E-state index in [9.17, 15) is 4.57 Å². The van der Waals surface area contributed by atoms with Crippen LogP contribution in [0.25, 0.3) is 0 Å². The summed E-state index contributed by atoms with van der Waals surface area (Å²) in [5, 5.41) is 0. The summed E-state index contributed by atoms with van der Waals surface area (Å²) in [6, 6.07) is 0. The Bertz CT molecular complexity index is 342. The molecule has 0 rings (SSSR count). The summed E-state index contributed by atoms with van der Waals surface area (Å²) in [6.45, 7) is 10.9. The van der Waals surface area contributed by atoms with Crippen LogP contribution in [0.1, 0.15) is 98.8 Å². The fraction of sp³-hybridized carbons (Fsp3) is 1.00. The zero-order valence-corrected chi connectivity index (χ0v) is 18.6. The van der Waals surface area contributed by atoms with E-state index in [1.165, 1.54) is 6.42 Å². The Morgan fingerprint density at radius 3 is 1.88 bits per heavy atom. The highest BCUT2D eigenvalue weighted by Crippen LogP contribution is 2.58. The average Bonchev–Trinajstić information content (AvgIpc) is 2.58. The van der Waals surface area contributed by atoms with E-state index in [2.05, 4.69) is 37.2 Å². The molecule has 0 spiro atoms. The van der Waals surface area contributed by atoms with Gasteiger partial charge in [0.15, 0.2) is 0 Å². The van der Waals surface area contributed by atoms with Crippen LogP contribution in [0.3, 0.4) is 0 Å². The normalized spacial score (nSPS) is 16.1. The molecule has 4 nitrogen and oxygen atoms in total. The highest BCUT2D eigenvalue weighted by molar-refractivity contribution is 7.53. The van der Waals surface area contributed by atoms with Crippen molar-refractivity contribution in [3.63, 3.8) is 0 Å². The van der Waals surface area contributed by atoms with Gasteiger partial charge in [-0.3, -0.25) is 13.4 Å². The molecule has 0 saturated heterocycles. The SMILES string of the molecule is CCCCC(CC)C(CCCC)(CCCC)OP(=O)(OP)OCC. The summed E-state index contributed by atoms with van der Waals surface area (Å²) in [5.74, 6) is 0.379. The van der Waals surface area contributed by atoms with Gasteiger partial charge in [-0.2, -0.15) is 0 Å². The van der Waals surface area contributed by atoms with Crippen molar-refractivity contribution in [3.8, 4) is 0 Å². The number of phosphoric ester groups is 1. The molecule has 0 aromatic carbocycles. The number of hydrogen-bond acceptors (Lipinski definition) is 4. The number of unbranched alkanes of at least 4 members (excludes halogenated alkanes) is 3. The molecule has 3 atom stereocenters. The van der Waals surface area contributed by atoms with Gasteiger partial charge in [-0.05, 0) is 32.1 Å². The molecule has 0 amide bonds. The predicted molar refractivity (Wildman–Crippen MR) is 106 cm³/mol. The second kappa shape index (κ2) is 13.7. The molecule has 0 bridgehead atoms. The average molecular weight is 382 g/mol. The van der Waals surface area contributed by atoms with E-state index in [1.54, 1.807) is 0 Å². The van der Waals surface area contributed by atoms with Crippen LogP contribution in [-0.2, 0) is 17.9 Å². The van der Waals surface area contributed by atoms with Gasteiger partial charge in [0, 0.05) is 9.47 Å². The largest absolute Gasteiger partial charge is 0.478 e. The minimum absolute atomic E-state index is 0.315. The number of hydrogen-bond donors (Lipinski definition) is 0. The molecule has 0 heterocycles. The predicted octanol–water partition coefficient (Wildman–Crippen LogP) is 7.29. The van der Waals surface area contributed by atoms with Crippen molar-refractivity contribution in [2.75, 3.05) is 6.61 Å². The lowest BCUT2D eigenvalue weighted by Crippen LogP contribution is -2.40. The van der Waals surface area contributed by atoms with Crippen molar-refractivity contribution in [1.29, 1.82) is 0 Å². The minimum atomic E-state index is -3.54. The molecule has 0 radical (unpaired) electrons. The lowest BCUT2D eigenvalue weighted by atomic mass is 9.75. The topological polar surface area (TPSA) is 44.8 Å². The van der Waals surface area contributed by atoms with Crippen molar-refractivity contribution in [2.45, 2.75) is 104 Å². The molecule has 0 aliphatic carbocycles. The first-order valence-corrected chi connectivity index (χ1v) is 11.7. The highest BCUT2D eigenvalue weighted by atomic mass is 31.2. The standard InChI is InChI=1S/C18H40O4P2/c1-6-11-14-17(9-4)18(15-12-7-2,16-13-8-3)21-24(19,22-23)20-10-5/h17H,6-16,23H2,1-5H3. The summed E-state index contributed by atoms with van der Waals surface area (Å²) in [5.41, 5.74) is -0.419. The van der Waals surface area contributed by atoms with E-state index in [0.29, 0.717) is 12.5 Å². The zero-order chi connectivity index (χ0) is 18.5. The van der Waals surface area contributed by atoms with E-state index >= 15 is 0 Å². The second-order valence-electron chi connectivity index (χ2n) is 6.58. The number of rotatable bonds is 16. The van der Waals surface area contributed by atoms with Crippen molar-refractivity contribution in [1.82, 2.24) is 0 Å². The van der Waals surface area contributed by atoms with Crippen LogP contribution in [0.5, 0.6) is 0 Å². The molecule has 0 aliphatic rings. The molecule has 0 aromatic rings. The fourth-order valence-corrected chi connectivity index (χ4v) is 4.96. The van der Waals surface area contributed by atoms with Gasteiger partial charge in [-0.25, -0.2) is 4.57 Å². The Hall–Kier alpha value is 0.540. The van der Waals surface area contributed by atoms with Gasteiger partial charge in [0.05, 0.1) is 12.2 Å². The monoisotopic (exact) mass is 382 g/mol. The van der Waals surface area contributed by atoms with Crippen LogP contribution in [0.4, 0.5) is 0 Å². The smallest absolute Gasteiger partial charge is 0.287 e. The molecule has 146 valence electrons. The molecule has 0 fully saturated rings. The Labute approximate surface area is 152 Å². The Balaban J connectivity index is 5.62. The molecule has 3 unspecified atom stereocenters. The van der Waals surface area contributed by atoms with Crippen LogP contribution >= 0.6 is 17.3 Å². The lowest BCUT2D eigenvalue weighted by molar-refractivity contribution is -0.0413. The minimum Gasteiger partial charge on any atom is -0.287 e. The molecule has 0 saturated carbocycles. The number of phosphoric acid groups is 1. The fourth-order valence-electron chi connectivity index (χ4n) is 3.40. The zero-order valence-electron chi connectivity index (χ0n) is 16.5. The van der Waals surface area contributed by atoms with Gasteiger partial charge in [0.1, 0.15) is 0 Å². The Morgan fingerprint density at radius 2 is 1.50 bits per heavy atom. The van der Waals surface area contributed by atoms with E-state index < -0.39 is 13.4 Å². The van der Waals surface area contributed by atoms with E-state index in [4.69, 9.17) is 13.4 Å². The van der Waals surface area contributed by atoms with Gasteiger partial charge in [0.25, 0.3) is 0 Å². The summed E-state index contributed by atoms with van der Waals surface area (Å²) >= 11 is 0. The van der Waals surface area contributed by atoms with Crippen LogP contribution in [0.2, 0.25) is 0 Å². The second-order valence-corrected chi connectivity index (χ2v) is 8.76. The van der Waals surface area contributed by atoms with Crippen LogP contribution in [0.15, 0.2) is 0 Å². The first kappa shape index (κ1) is 24.5. The maximum Gasteiger partial charge on any atom is 0.478 e. The molecule has 6 heteroatoms. The third-order valence-corrected chi connectivity index (χ3v) is 6.95. The van der Waals surface area contributed by atoms with Crippen molar-refractivity contribution in [2.24, 2.45) is 5.92 Å². The molecule has 0 aromatic heterocycles. The molecule has 0 N–H and O–H groups in total. The summed E-state index contributed by atoms with van der Waals surface area (Å²) in [6.07, 6.45) is 10.6. The molecular weight excluding hydrogens is 342 g/mol. The molecule has 24 heavy (non-hydrogen) atoms. The van der Waals surface area contributed by atoms with Gasteiger partial charge >= 0.3 is 7.82 Å². The van der Waals surface area contributed by atoms with Gasteiger partial charge < -0.3 is 0 Å². The lowest BCUT2D eigenvalue weighted by Gasteiger charge is -2.42. The van der Waals surface area contributed by atoms with E-state index in [-0.39, 0.29) is 0 Å². The Morgan fingerprint density at radius 1 is 0.958 bits per heavy atom. The first-order valence-electron chi connectivity index (χ1n) is 9.81. The summed E-state index contributed by atoms with van der Waals surface area (Å²) in [4.78, 5) is 0. The van der Waals surface area contributed by atoms with Gasteiger partial charge in [0.2, 0.25) is 0 Å². The van der Waals surface area contributed by atoms with E-state index in [0.717, 1.165) is 57.8 Å². The van der Waals surface area contributed by atoms with Crippen molar-refractivity contribution < 1.29 is 17.9 Å². The third-order valence-electron chi connectivity index (χ3n) is 4.76. The highest BCUT2D eigenvalue weighted by Gasteiger charge is 2.44. The van der Waals surface area contributed by atoms with Gasteiger partial charge in [-0.1, -0.05) is 72.6 Å². The van der Waals surface area contributed by atoms with Crippen molar-refractivity contribution in [3.05, 3.63) is 0 Å². The first-order chi connectivity index (χ1) is 11.5. The quantitative estimate of drug-likeness (QED) is 0.263. The van der Waals surface area contributed by atoms with Crippen LogP contribution in [0, 0.1) is 5.92 Å². The maximum atomic E-state index is 12.9. The maximum absolute atomic E-state index is 12.9. The molecular formula is C18H40O4P2. The Kier molecular flexibility index (Phi) is 14.0.